The number of hydrogen-bond donors (Lipinski definition) is 0. The molecule has 1 aromatic rings. The summed E-state index contributed by atoms with van der Waals surface area (Å²) < 4.78 is 85.5. The van der Waals surface area contributed by atoms with Crippen LogP contribution in [0.3, 0.4) is 0 Å². The maximum Gasteiger partial charge on any atom is 0.494 e. The molecule has 0 spiro atoms. The molecule has 0 amide bonds. The average Bonchev–Trinajstić information content (AvgIpc) is 2.61. The summed E-state index contributed by atoms with van der Waals surface area (Å²) in [5.41, 5.74) is -2.67. The largest absolute Gasteiger partial charge is 0.497 e. The molecule has 98 valence electrons. The van der Waals surface area contributed by atoms with Gasteiger partial charge in [-0.15, -0.1) is 0 Å². The van der Waals surface area contributed by atoms with Crippen LogP contribution in [0.25, 0.3) is 0 Å². The van der Waals surface area contributed by atoms with Crippen LogP contribution in [0.5, 0.6) is 5.75 Å². The van der Waals surface area contributed by atoms with Crippen molar-refractivity contribution < 1.29 is 26.4 Å². The molecule has 1 aliphatic rings. The standard InChI is InChI=1S/C14H21BO3/c1-10-7-8-11(9-12(10)16-6)15-17-13(2,3)14(4,5)18-15/h7-9H,1-6H3/i1D3,6D3,7D,8D,9D. The van der Waals surface area contributed by atoms with E-state index >= 15 is 0 Å². The molecule has 0 aliphatic carbocycles. The highest BCUT2D eigenvalue weighted by molar-refractivity contribution is 6.62. The van der Waals surface area contributed by atoms with Gasteiger partial charge in [-0.3, -0.25) is 0 Å². The van der Waals surface area contributed by atoms with Gasteiger partial charge in [-0.1, -0.05) is 12.1 Å². The van der Waals surface area contributed by atoms with Gasteiger partial charge in [-0.2, -0.15) is 0 Å². The molecule has 1 heterocycles. The fraction of sp³-hybridized carbons (Fsp3) is 0.571. The minimum absolute atomic E-state index is 0.245. The molecule has 0 unspecified atom stereocenters. The van der Waals surface area contributed by atoms with Crippen molar-refractivity contribution in [3.8, 4) is 5.75 Å². The van der Waals surface area contributed by atoms with Gasteiger partial charge >= 0.3 is 7.12 Å². The first-order valence-electron chi connectivity index (χ1n) is 10.1. The van der Waals surface area contributed by atoms with Crippen molar-refractivity contribution in [1.29, 1.82) is 0 Å². The smallest absolute Gasteiger partial charge is 0.494 e. The van der Waals surface area contributed by atoms with Crippen LogP contribution < -0.4 is 10.2 Å². The predicted molar refractivity (Wildman–Crippen MR) is 73.4 cm³/mol. The minimum Gasteiger partial charge on any atom is -0.497 e. The zero-order valence-electron chi connectivity index (χ0n) is 19.8. The van der Waals surface area contributed by atoms with Crippen LogP contribution >= 0.6 is 0 Å². The number of benzene rings is 1. The lowest BCUT2D eigenvalue weighted by molar-refractivity contribution is 0.00578. The first kappa shape index (κ1) is 5.97. The number of hydrogen-bond acceptors (Lipinski definition) is 3. The Hall–Kier alpha value is -0.995. The highest BCUT2D eigenvalue weighted by Crippen LogP contribution is 2.36. The lowest BCUT2D eigenvalue weighted by Crippen LogP contribution is -2.41. The van der Waals surface area contributed by atoms with Crippen molar-refractivity contribution in [3.63, 3.8) is 0 Å². The van der Waals surface area contributed by atoms with Crippen molar-refractivity contribution in [2.45, 2.75) is 45.7 Å². The molecule has 1 aromatic carbocycles. The van der Waals surface area contributed by atoms with Gasteiger partial charge in [0.15, 0.2) is 0 Å². The van der Waals surface area contributed by atoms with E-state index in [0.717, 1.165) is 0 Å². The summed E-state index contributed by atoms with van der Waals surface area (Å²) in [5.74, 6) is -0.791. The second kappa shape index (κ2) is 4.28. The van der Waals surface area contributed by atoms with Gasteiger partial charge in [-0.25, -0.2) is 0 Å². The Morgan fingerprint density at radius 2 is 1.89 bits per heavy atom. The fourth-order valence-electron chi connectivity index (χ4n) is 1.56. The molecule has 1 fully saturated rings. The third kappa shape index (κ3) is 2.15. The molecule has 0 N–H and O–H groups in total. The summed E-state index contributed by atoms with van der Waals surface area (Å²) in [6.07, 6.45) is 0. The molecule has 0 bridgehead atoms. The second-order valence-electron chi connectivity index (χ2n) is 5.18. The van der Waals surface area contributed by atoms with Gasteiger partial charge < -0.3 is 14.0 Å². The molecule has 1 saturated heterocycles. The molecule has 0 saturated carbocycles. The lowest BCUT2D eigenvalue weighted by Gasteiger charge is -2.32. The predicted octanol–water partition coefficient (Wildman–Crippen LogP) is 2.30. The van der Waals surface area contributed by atoms with E-state index in [1.807, 2.05) is 0 Å². The van der Waals surface area contributed by atoms with Gasteiger partial charge in [0.05, 0.1) is 26.5 Å². The van der Waals surface area contributed by atoms with E-state index in [9.17, 15) is 0 Å². The van der Waals surface area contributed by atoms with E-state index in [4.69, 9.17) is 26.4 Å². The van der Waals surface area contributed by atoms with Crippen LogP contribution in [0, 0.1) is 6.85 Å². The zero-order valence-corrected chi connectivity index (χ0v) is 10.8. The van der Waals surface area contributed by atoms with Crippen LogP contribution in [0.4, 0.5) is 0 Å². The normalized spacial score (nSPS) is 29.8. The topological polar surface area (TPSA) is 27.7 Å². The quantitative estimate of drug-likeness (QED) is 0.761. The van der Waals surface area contributed by atoms with Crippen molar-refractivity contribution in [1.82, 2.24) is 0 Å². The Morgan fingerprint density at radius 1 is 1.22 bits per heavy atom. The Labute approximate surface area is 122 Å². The molecule has 1 aliphatic heterocycles. The van der Waals surface area contributed by atoms with Crippen LogP contribution in [-0.2, 0) is 9.31 Å². The molecule has 3 nitrogen and oxygen atoms in total. The number of rotatable bonds is 2. The first-order chi connectivity index (χ1) is 11.9. The summed E-state index contributed by atoms with van der Waals surface area (Å²) in [6.45, 7) is 4.05. The monoisotopic (exact) mass is 257 g/mol. The summed E-state index contributed by atoms with van der Waals surface area (Å²) in [4.78, 5) is 0. The molecule has 0 atom stereocenters. The van der Waals surface area contributed by atoms with Crippen molar-refractivity contribution in [3.05, 3.63) is 23.7 Å². The second-order valence-corrected chi connectivity index (χ2v) is 5.18. The van der Waals surface area contributed by atoms with Crippen molar-refractivity contribution >= 4 is 12.6 Å². The first-order valence-corrected chi connectivity index (χ1v) is 5.58. The van der Waals surface area contributed by atoms with Crippen LogP contribution in [0.1, 0.15) is 45.6 Å². The Bertz CT molecular complexity index is 740. The third-order valence-corrected chi connectivity index (χ3v) is 3.39. The van der Waals surface area contributed by atoms with E-state index in [0.29, 0.717) is 0 Å². The molecule has 4 heteroatoms. The zero-order chi connectivity index (χ0) is 21.2. The minimum atomic E-state index is -3.04. The number of ether oxygens (including phenoxy) is 1. The van der Waals surface area contributed by atoms with Crippen molar-refractivity contribution in [2.75, 3.05) is 7.04 Å². The summed E-state index contributed by atoms with van der Waals surface area (Å²) >= 11 is 0. The Kier molecular flexibility index (Phi) is 1.42. The molecular weight excluding hydrogens is 227 g/mol. The average molecular weight is 257 g/mol. The highest BCUT2D eigenvalue weighted by atomic mass is 16.7. The molecular formula is C14H21BO3. The molecule has 2 rings (SSSR count). The molecule has 18 heavy (non-hydrogen) atoms. The van der Waals surface area contributed by atoms with E-state index in [2.05, 4.69) is 0 Å². The van der Waals surface area contributed by atoms with E-state index in [1.54, 1.807) is 27.7 Å². The van der Waals surface area contributed by atoms with E-state index < -0.39 is 61.7 Å². The van der Waals surface area contributed by atoms with Crippen molar-refractivity contribution in [2.24, 2.45) is 0 Å². The Morgan fingerprint density at radius 3 is 2.44 bits per heavy atom. The van der Waals surface area contributed by atoms with Gasteiger partial charge in [-0.05, 0) is 51.6 Å². The SMILES string of the molecule is [2H]c1c([2H])c(C([2H])([2H])[2H])c(OC([2H])([2H])[2H])c([2H])c1B1OC(C)(C)C(C)(C)O1. The van der Waals surface area contributed by atoms with Gasteiger partial charge in [0.1, 0.15) is 5.75 Å². The third-order valence-electron chi connectivity index (χ3n) is 3.39. The van der Waals surface area contributed by atoms with Crippen LogP contribution in [0.2, 0.25) is 0 Å². The fourth-order valence-corrected chi connectivity index (χ4v) is 1.56. The van der Waals surface area contributed by atoms with E-state index in [-0.39, 0.29) is 5.46 Å². The molecule has 0 radical (unpaired) electrons. The van der Waals surface area contributed by atoms with Crippen LogP contribution in [-0.4, -0.2) is 25.4 Å². The van der Waals surface area contributed by atoms with E-state index in [1.165, 1.54) is 0 Å². The summed E-state index contributed by atoms with van der Waals surface area (Å²) in [7, 11) is -4.29. The summed E-state index contributed by atoms with van der Waals surface area (Å²) in [6, 6.07) is -1.99. The van der Waals surface area contributed by atoms with Gasteiger partial charge in [0.2, 0.25) is 0 Å². The van der Waals surface area contributed by atoms with Gasteiger partial charge in [0, 0.05) is 4.11 Å². The Balaban J connectivity index is 2.75. The van der Waals surface area contributed by atoms with Gasteiger partial charge in [0.25, 0.3) is 0 Å². The maximum atomic E-state index is 8.32. The maximum absolute atomic E-state index is 8.32. The summed E-state index contributed by atoms with van der Waals surface area (Å²) in [5, 5.41) is 0. The highest BCUT2D eigenvalue weighted by Gasteiger charge is 2.51. The van der Waals surface area contributed by atoms with Crippen LogP contribution in [0.15, 0.2) is 18.1 Å². The molecule has 0 aromatic heterocycles. The number of methoxy groups -OCH3 is 1. The lowest BCUT2D eigenvalue weighted by atomic mass is 9.78.